The second kappa shape index (κ2) is 15.1. The Labute approximate surface area is 268 Å². The molecule has 14 heteroatoms. The SMILES string of the molecule is O=C(CC(c1ccc(Cl)cc1)c1ccc2c(c1)CCO2)Nc1cncc(F)c1CC[C@@H]1CN[C@H](COC(=O)NCC(F)(F)F)CO1. The van der Waals surface area contributed by atoms with Gasteiger partial charge in [0.25, 0.3) is 0 Å². The molecule has 246 valence electrons. The van der Waals surface area contributed by atoms with Crippen LogP contribution in [0.5, 0.6) is 5.75 Å². The quantitative estimate of drug-likeness (QED) is 0.231. The molecule has 0 bridgehead atoms. The van der Waals surface area contributed by atoms with Crippen molar-refractivity contribution in [2.75, 3.05) is 38.2 Å². The summed E-state index contributed by atoms with van der Waals surface area (Å²) in [5, 5.41) is 8.19. The predicted molar refractivity (Wildman–Crippen MR) is 162 cm³/mol. The molecule has 3 aromatic rings. The number of halogens is 5. The Morgan fingerprint density at radius 2 is 1.91 bits per heavy atom. The van der Waals surface area contributed by atoms with Crippen LogP contribution in [0.4, 0.5) is 28.0 Å². The maximum absolute atomic E-state index is 15.0. The normalized spacial score (nSPS) is 18.3. The molecular formula is C32H33ClF4N4O5. The Bertz CT molecular complexity index is 1520. The van der Waals surface area contributed by atoms with Gasteiger partial charge in [-0.2, -0.15) is 13.2 Å². The molecule has 2 amide bonds. The van der Waals surface area contributed by atoms with E-state index in [1.807, 2.05) is 24.3 Å². The zero-order valence-corrected chi connectivity index (χ0v) is 25.4. The number of hydrogen-bond donors (Lipinski definition) is 3. The number of alkyl carbamates (subject to hydrolysis) is 1. The Balaban J connectivity index is 1.17. The van der Waals surface area contributed by atoms with Gasteiger partial charge >= 0.3 is 12.3 Å². The van der Waals surface area contributed by atoms with Crippen LogP contribution in [0.1, 0.15) is 41.0 Å². The number of alkyl halides is 3. The van der Waals surface area contributed by atoms with Crippen molar-refractivity contribution >= 4 is 29.3 Å². The summed E-state index contributed by atoms with van der Waals surface area (Å²) >= 11 is 6.12. The van der Waals surface area contributed by atoms with E-state index < -0.39 is 30.7 Å². The third kappa shape index (κ3) is 9.30. The van der Waals surface area contributed by atoms with E-state index in [0.29, 0.717) is 24.6 Å². The monoisotopic (exact) mass is 664 g/mol. The van der Waals surface area contributed by atoms with Gasteiger partial charge < -0.3 is 30.2 Å². The van der Waals surface area contributed by atoms with Crippen LogP contribution in [-0.2, 0) is 27.1 Å². The number of nitrogens with zero attached hydrogens (tertiary/aromatic N) is 1. The van der Waals surface area contributed by atoms with Crippen LogP contribution < -0.4 is 20.7 Å². The maximum Gasteiger partial charge on any atom is 0.407 e. The van der Waals surface area contributed by atoms with E-state index in [4.69, 9.17) is 25.8 Å². The highest BCUT2D eigenvalue weighted by Gasteiger charge is 2.29. The molecule has 2 aliphatic heterocycles. The molecule has 0 radical (unpaired) electrons. The van der Waals surface area contributed by atoms with Crippen LogP contribution >= 0.6 is 11.6 Å². The lowest BCUT2D eigenvalue weighted by molar-refractivity contribution is -0.124. The lowest BCUT2D eigenvalue weighted by Crippen LogP contribution is -2.49. The number of amides is 2. The van der Waals surface area contributed by atoms with Gasteiger partial charge in [-0.15, -0.1) is 0 Å². The highest BCUT2D eigenvalue weighted by molar-refractivity contribution is 6.30. The average molecular weight is 665 g/mol. The number of hydrogen-bond acceptors (Lipinski definition) is 7. The number of pyridine rings is 1. The maximum atomic E-state index is 15.0. The molecule has 3 atom stereocenters. The Morgan fingerprint density at radius 3 is 2.65 bits per heavy atom. The van der Waals surface area contributed by atoms with Crippen LogP contribution in [0.25, 0.3) is 0 Å². The molecule has 2 aliphatic rings. The molecule has 3 heterocycles. The number of rotatable bonds is 11. The van der Waals surface area contributed by atoms with E-state index in [1.54, 1.807) is 17.4 Å². The minimum Gasteiger partial charge on any atom is -0.493 e. The summed E-state index contributed by atoms with van der Waals surface area (Å²) in [6.07, 6.45) is -2.00. The van der Waals surface area contributed by atoms with E-state index in [0.717, 1.165) is 35.1 Å². The summed E-state index contributed by atoms with van der Waals surface area (Å²) in [6, 6.07) is 12.8. The zero-order valence-electron chi connectivity index (χ0n) is 24.7. The van der Waals surface area contributed by atoms with Crippen molar-refractivity contribution in [3.05, 3.63) is 88.0 Å². The number of anilines is 1. The van der Waals surface area contributed by atoms with Gasteiger partial charge in [-0.1, -0.05) is 35.9 Å². The Morgan fingerprint density at radius 1 is 1.13 bits per heavy atom. The van der Waals surface area contributed by atoms with Crippen molar-refractivity contribution in [2.45, 2.75) is 49.9 Å². The summed E-state index contributed by atoms with van der Waals surface area (Å²) < 4.78 is 67.9. The van der Waals surface area contributed by atoms with E-state index in [9.17, 15) is 27.2 Å². The van der Waals surface area contributed by atoms with Gasteiger partial charge in [-0.05, 0) is 47.7 Å². The molecule has 3 N–H and O–H groups in total. The minimum atomic E-state index is -4.53. The topological polar surface area (TPSA) is 111 Å². The molecule has 46 heavy (non-hydrogen) atoms. The van der Waals surface area contributed by atoms with Gasteiger partial charge in [-0.25, -0.2) is 9.18 Å². The largest absolute Gasteiger partial charge is 0.493 e. The fraction of sp³-hybridized carbons (Fsp3) is 0.406. The number of carbonyl (C=O) groups excluding carboxylic acids is 2. The molecule has 1 saturated heterocycles. The van der Waals surface area contributed by atoms with Crippen LogP contribution in [0.2, 0.25) is 5.02 Å². The summed E-state index contributed by atoms with van der Waals surface area (Å²) in [4.78, 5) is 28.8. The van der Waals surface area contributed by atoms with Crippen molar-refractivity contribution in [2.24, 2.45) is 0 Å². The fourth-order valence-electron chi connectivity index (χ4n) is 5.42. The van der Waals surface area contributed by atoms with Crippen molar-refractivity contribution < 1.29 is 41.4 Å². The minimum absolute atomic E-state index is 0.0879. The molecular weight excluding hydrogens is 632 g/mol. The molecule has 1 aromatic heterocycles. The fourth-order valence-corrected chi connectivity index (χ4v) is 5.55. The van der Waals surface area contributed by atoms with E-state index in [1.165, 1.54) is 6.20 Å². The van der Waals surface area contributed by atoms with Crippen LogP contribution in [0.3, 0.4) is 0 Å². The van der Waals surface area contributed by atoms with Crippen molar-refractivity contribution in [1.82, 2.24) is 15.6 Å². The van der Waals surface area contributed by atoms with Gasteiger partial charge in [0.1, 0.15) is 24.7 Å². The number of aromatic nitrogens is 1. The molecule has 2 aromatic carbocycles. The average Bonchev–Trinajstić information content (AvgIpc) is 3.50. The number of benzene rings is 2. The van der Waals surface area contributed by atoms with Gasteiger partial charge in [0, 0.05) is 35.9 Å². The first-order valence-electron chi connectivity index (χ1n) is 14.8. The van der Waals surface area contributed by atoms with Crippen LogP contribution in [-0.4, -0.2) is 68.2 Å². The standard InChI is InChI=1S/C32H33ClF4N4O5/c33-22-4-1-19(2-5-22)26(20-3-8-29-21(11-20)9-10-44-29)12-30(42)41-28-15-38-14-27(34)25(28)7-6-24-13-39-23(16-45-24)17-46-31(43)40-18-32(35,36)37/h1-5,8,11,14-15,23-24,26,39H,6-7,9-10,12-13,16-18H2,(H,40,43)(H,41,42)/t23-,24+,26?/m0/s1. The summed E-state index contributed by atoms with van der Waals surface area (Å²) in [5.41, 5.74) is 3.49. The molecule has 1 unspecified atom stereocenters. The number of fused-ring (bicyclic) bond motifs is 1. The molecule has 0 saturated carbocycles. The van der Waals surface area contributed by atoms with Crippen molar-refractivity contribution in [3.8, 4) is 5.75 Å². The first-order valence-corrected chi connectivity index (χ1v) is 15.2. The third-order valence-corrected chi connectivity index (χ3v) is 8.04. The lowest BCUT2D eigenvalue weighted by Gasteiger charge is -2.30. The number of nitrogens with one attached hydrogen (secondary N) is 3. The predicted octanol–water partition coefficient (Wildman–Crippen LogP) is 5.55. The van der Waals surface area contributed by atoms with Gasteiger partial charge in [0.15, 0.2) is 0 Å². The lowest BCUT2D eigenvalue weighted by atomic mass is 9.87. The molecule has 0 aliphatic carbocycles. The summed E-state index contributed by atoms with van der Waals surface area (Å²) in [6.45, 7) is -0.558. The number of morpholine rings is 1. The zero-order chi connectivity index (χ0) is 32.7. The van der Waals surface area contributed by atoms with Crippen molar-refractivity contribution in [1.29, 1.82) is 0 Å². The number of ether oxygens (including phenoxy) is 3. The van der Waals surface area contributed by atoms with Crippen molar-refractivity contribution in [3.63, 3.8) is 0 Å². The summed E-state index contributed by atoms with van der Waals surface area (Å²) in [5.74, 6) is -0.331. The second-order valence-electron chi connectivity index (χ2n) is 11.1. The second-order valence-corrected chi connectivity index (χ2v) is 11.6. The van der Waals surface area contributed by atoms with Gasteiger partial charge in [0.2, 0.25) is 5.91 Å². The number of carbonyl (C=O) groups is 2. The molecule has 5 rings (SSSR count). The molecule has 9 nitrogen and oxygen atoms in total. The Hall–Kier alpha value is -3.94. The van der Waals surface area contributed by atoms with E-state index >= 15 is 0 Å². The van der Waals surface area contributed by atoms with Gasteiger partial charge in [-0.3, -0.25) is 9.78 Å². The van der Waals surface area contributed by atoms with Crippen LogP contribution in [0.15, 0.2) is 54.9 Å². The molecule has 1 fully saturated rings. The smallest absolute Gasteiger partial charge is 0.407 e. The highest BCUT2D eigenvalue weighted by atomic mass is 35.5. The Kier molecular flexibility index (Phi) is 11.0. The first kappa shape index (κ1) is 33.4. The first-order chi connectivity index (χ1) is 22.0. The molecule has 0 spiro atoms. The van der Waals surface area contributed by atoms with Crippen LogP contribution in [0, 0.1) is 5.82 Å². The van der Waals surface area contributed by atoms with E-state index in [-0.39, 0.29) is 55.2 Å². The van der Waals surface area contributed by atoms with E-state index in [2.05, 4.69) is 21.7 Å². The highest BCUT2D eigenvalue weighted by Crippen LogP contribution is 2.34. The van der Waals surface area contributed by atoms with Gasteiger partial charge in [0.05, 0.1) is 43.4 Å². The third-order valence-electron chi connectivity index (χ3n) is 7.79. The summed E-state index contributed by atoms with van der Waals surface area (Å²) in [7, 11) is 0.